The van der Waals surface area contributed by atoms with E-state index in [1.54, 1.807) is 11.9 Å². The van der Waals surface area contributed by atoms with Crippen molar-refractivity contribution in [3.8, 4) is 17.5 Å². The lowest BCUT2D eigenvalue weighted by molar-refractivity contribution is -0.131. The number of hydrogen-bond donors (Lipinski definition) is 0. The number of amides is 1. The van der Waals surface area contributed by atoms with Crippen LogP contribution in [0.2, 0.25) is 5.02 Å². The zero-order valence-corrected chi connectivity index (χ0v) is 17.8. The molecule has 1 amide bonds. The van der Waals surface area contributed by atoms with Crippen LogP contribution < -0.4 is 0 Å². The van der Waals surface area contributed by atoms with E-state index in [1.807, 2.05) is 35.8 Å². The molecule has 1 aliphatic rings. The highest BCUT2D eigenvalue weighted by Gasteiger charge is 2.38. The molecule has 0 atom stereocenters. The maximum Gasteiger partial charge on any atom is 0.234 e. The largest absolute Gasteiger partial charge is 0.326 e. The van der Waals surface area contributed by atoms with Crippen LogP contribution in [0.15, 0.2) is 29.4 Å². The highest BCUT2D eigenvalue weighted by atomic mass is 35.5. The van der Waals surface area contributed by atoms with Crippen LogP contribution in [0.25, 0.3) is 11.4 Å². The van der Waals surface area contributed by atoms with Gasteiger partial charge in [-0.1, -0.05) is 54.8 Å². The molecule has 6 nitrogen and oxygen atoms in total. The summed E-state index contributed by atoms with van der Waals surface area (Å²) < 4.78 is 1.98. The second kappa shape index (κ2) is 8.97. The first-order valence-electron chi connectivity index (χ1n) is 9.50. The van der Waals surface area contributed by atoms with Gasteiger partial charge in [-0.05, 0) is 31.9 Å². The van der Waals surface area contributed by atoms with Crippen LogP contribution in [0.3, 0.4) is 0 Å². The van der Waals surface area contributed by atoms with E-state index in [1.165, 1.54) is 11.8 Å². The fourth-order valence-electron chi connectivity index (χ4n) is 3.64. The molecule has 1 aliphatic carbocycles. The Labute approximate surface area is 174 Å². The summed E-state index contributed by atoms with van der Waals surface area (Å²) in [5.41, 5.74) is 0.225. The lowest BCUT2D eigenvalue weighted by Crippen LogP contribution is -2.50. The summed E-state index contributed by atoms with van der Waals surface area (Å²) in [6, 6.07) is 9.89. The van der Waals surface area contributed by atoms with Gasteiger partial charge in [0.1, 0.15) is 5.54 Å². The zero-order valence-electron chi connectivity index (χ0n) is 16.2. The van der Waals surface area contributed by atoms with Crippen LogP contribution in [0.1, 0.15) is 39.0 Å². The summed E-state index contributed by atoms with van der Waals surface area (Å²) in [6.07, 6.45) is 4.62. The molecule has 1 fully saturated rings. The third kappa shape index (κ3) is 4.18. The number of nitrogens with zero attached hydrogens (tertiary/aromatic N) is 5. The van der Waals surface area contributed by atoms with Gasteiger partial charge in [-0.25, -0.2) is 0 Å². The summed E-state index contributed by atoms with van der Waals surface area (Å²) in [6.45, 7) is 2.70. The van der Waals surface area contributed by atoms with Crippen LogP contribution in [0, 0.1) is 11.3 Å². The maximum atomic E-state index is 12.8. The van der Waals surface area contributed by atoms with Gasteiger partial charge in [-0.2, -0.15) is 5.26 Å². The van der Waals surface area contributed by atoms with Gasteiger partial charge in [0.15, 0.2) is 11.0 Å². The molecule has 1 aromatic heterocycles. The molecule has 3 rings (SSSR count). The van der Waals surface area contributed by atoms with Crippen molar-refractivity contribution < 1.29 is 4.79 Å². The van der Waals surface area contributed by atoms with Gasteiger partial charge < -0.3 is 9.47 Å². The molecule has 0 unspecified atom stereocenters. The van der Waals surface area contributed by atoms with E-state index in [4.69, 9.17) is 11.6 Å². The Kier molecular flexibility index (Phi) is 6.63. The van der Waals surface area contributed by atoms with E-state index in [9.17, 15) is 10.1 Å². The second-order valence-electron chi connectivity index (χ2n) is 7.01. The van der Waals surface area contributed by atoms with Gasteiger partial charge >= 0.3 is 0 Å². The van der Waals surface area contributed by atoms with Crippen LogP contribution in [0.5, 0.6) is 0 Å². The SMILES string of the molecule is CCn1c(SCC(=O)N(C)C2(C#N)CCCCC2)nnc1-c1cccc(Cl)c1. The predicted molar refractivity (Wildman–Crippen MR) is 111 cm³/mol. The molecule has 0 spiro atoms. The summed E-state index contributed by atoms with van der Waals surface area (Å²) in [7, 11) is 1.75. The standard InChI is InChI=1S/C20H24ClN5OS/c1-3-26-18(15-8-7-9-16(21)12-15)23-24-19(26)28-13-17(27)25(2)20(14-22)10-5-4-6-11-20/h7-9,12H,3-6,10-11,13H2,1-2H3. The van der Waals surface area contributed by atoms with E-state index in [0.717, 1.165) is 43.5 Å². The molecule has 0 saturated heterocycles. The number of carbonyl (C=O) groups is 1. The van der Waals surface area contributed by atoms with Gasteiger partial charge in [-0.15, -0.1) is 10.2 Å². The number of aromatic nitrogens is 3. The average molecular weight is 418 g/mol. The van der Waals surface area contributed by atoms with Crippen molar-refractivity contribution in [3.05, 3.63) is 29.3 Å². The highest BCUT2D eigenvalue weighted by molar-refractivity contribution is 7.99. The Morgan fingerprint density at radius 1 is 1.36 bits per heavy atom. The molecule has 8 heteroatoms. The summed E-state index contributed by atoms with van der Waals surface area (Å²) >= 11 is 7.45. The van der Waals surface area contributed by atoms with E-state index in [2.05, 4.69) is 16.3 Å². The number of rotatable bonds is 6. The van der Waals surface area contributed by atoms with E-state index in [-0.39, 0.29) is 11.7 Å². The monoisotopic (exact) mass is 417 g/mol. The van der Waals surface area contributed by atoms with Crippen molar-refractivity contribution >= 4 is 29.3 Å². The summed E-state index contributed by atoms with van der Waals surface area (Å²) in [5, 5.41) is 19.6. The van der Waals surface area contributed by atoms with Crippen LogP contribution in [0.4, 0.5) is 0 Å². The van der Waals surface area contributed by atoms with Crippen LogP contribution in [-0.4, -0.2) is 43.9 Å². The number of carbonyl (C=O) groups excluding carboxylic acids is 1. The van der Waals surface area contributed by atoms with E-state index < -0.39 is 5.54 Å². The van der Waals surface area contributed by atoms with Crippen LogP contribution >= 0.6 is 23.4 Å². The number of hydrogen-bond acceptors (Lipinski definition) is 5. The first-order valence-corrected chi connectivity index (χ1v) is 10.9. The minimum atomic E-state index is -0.666. The molecule has 1 aromatic carbocycles. The number of thioether (sulfide) groups is 1. The van der Waals surface area contributed by atoms with Crippen molar-refractivity contribution in [1.29, 1.82) is 5.26 Å². The lowest BCUT2D eigenvalue weighted by atomic mass is 9.81. The third-order valence-corrected chi connectivity index (χ3v) is 6.53. The van der Waals surface area contributed by atoms with Gasteiger partial charge in [0.25, 0.3) is 0 Å². The fourth-order valence-corrected chi connectivity index (χ4v) is 4.75. The van der Waals surface area contributed by atoms with Crippen molar-refractivity contribution in [1.82, 2.24) is 19.7 Å². The molecule has 148 valence electrons. The van der Waals surface area contributed by atoms with Crippen molar-refractivity contribution in [2.24, 2.45) is 0 Å². The van der Waals surface area contributed by atoms with Crippen molar-refractivity contribution in [2.75, 3.05) is 12.8 Å². The van der Waals surface area contributed by atoms with Crippen LogP contribution in [-0.2, 0) is 11.3 Å². The first-order chi connectivity index (χ1) is 13.5. The normalized spacial score (nSPS) is 15.8. The Morgan fingerprint density at radius 3 is 2.75 bits per heavy atom. The van der Waals surface area contributed by atoms with Gasteiger partial charge in [0.05, 0.1) is 11.8 Å². The molecule has 0 bridgehead atoms. The molecule has 2 aromatic rings. The molecule has 0 radical (unpaired) electrons. The smallest absolute Gasteiger partial charge is 0.234 e. The number of benzene rings is 1. The topological polar surface area (TPSA) is 74.8 Å². The van der Waals surface area contributed by atoms with Crippen molar-refractivity contribution in [3.63, 3.8) is 0 Å². The molecular formula is C20H24ClN5OS. The Bertz CT molecular complexity index is 885. The predicted octanol–water partition coefficient (Wildman–Crippen LogP) is 4.40. The second-order valence-corrected chi connectivity index (χ2v) is 8.39. The highest BCUT2D eigenvalue weighted by Crippen LogP contribution is 2.33. The molecular weight excluding hydrogens is 394 g/mol. The molecule has 28 heavy (non-hydrogen) atoms. The minimum absolute atomic E-state index is 0.0524. The molecule has 1 saturated carbocycles. The molecule has 1 heterocycles. The average Bonchev–Trinajstić information content (AvgIpc) is 3.14. The van der Waals surface area contributed by atoms with Crippen molar-refractivity contribution in [2.45, 2.75) is 56.3 Å². The minimum Gasteiger partial charge on any atom is -0.326 e. The molecule has 0 N–H and O–H groups in total. The summed E-state index contributed by atoms with van der Waals surface area (Å²) in [5.74, 6) is 0.908. The summed E-state index contributed by atoms with van der Waals surface area (Å²) in [4.78, 5) is 14.4. The Balaban J connectivity index is 1.72. The number of nitriles is 1. The Hall–Kier alpha value is -2.04. The van der Waals surface area contributed by atoms with E-state index >= 15 is 0 Å². The van der Waals surface area contributed by atoms with E-state index in [0.29, 0.717) is 16.7 Å². The third-order valence-electron chi connectivity index (χ3n) is 5.35. The lowest BCUT2D eigenvalue weighted by Gasteiger charge is -2.39. The van der Waals surface area contributed by atoms with Gasteiger partial charge in [-0.3, -0.25) is 4.79 Å². The van der Waals surface area contributed by atoms with Gasteiger partial charge in [0.2, 0.25) is 5.91 Å². The Morgan fingerprint density at radius 2 is 2.11 bits per heavy atom. The number of halogens is 1. The zero-order chi connectivity index (χ0) is 20.1. The molecule has 0 aliphatic heterocycles. The maximum absolute atomic E-state index is 12.8. The quantitative estimate of drug-likeness (QED) is 0.651. The van der Waals surface area contributed by atoms with Gasteiger partial charge in [0, 0.05) is 24.2 Å². The fraction of sp³-hybridized carbons (Fsp3) is 0.500. The first kappa shape index (κ1) is 20.7.